The fourth-order valence-corrected chi connectivity index (χ4v) is 2.45. The molecule has 20 heavy (non-hydrogen) atoms. The van der Waals surface area contributed by atoms with Crippen LogP contribution in [0.15, 0.2) is 24.3 Å². The molecular weight excluding hydrogens is 248 g/mol. The van der Waals surface area contributed by atoms with Crippen LogP contribution in [0.3, 0.4) is 0 Å². The maximum absolute atomic E-state index is 10.2. The van der Waals surface area contributed by atoms with E-state index in [9.17, 15) is 5.11 Å². The SMILES string of the molecule is CC(C)C(O)C(C)(C)CNCc1ccc(N(C)C)cc1. The molecule has 0 heterocycles. The Kier molecular flexibility index (Phi) is 6.03. The summed E-state index contributed by atoms with van der Waals surface area (Å²) < 4.78 is 0. The average molecular weight is 278 g/mol. The average Bonchev–Trinajstić information content (AvgIpc) is 2.38. The number of hydrogen-bond acceptors (Lipinski definition) is 3. The van der Waals surface area contributed by atoms with Gasteiger partial charge in [-0.3, -0.25) is 0 Å². The molecule has 2 N–H and O–H groups in total. The molecule has 1 unspecified atom stereocenters. The molecule has 0 spiro atoms. The van der Waals surface area contributed by atoms with Crippen molar-refractivity contribution in [3.05, 3.63) is 29.8 Å². The third kappa shape index (κ3) is 4.80. The van der Waals surface area contributed by atoms with Crippen LogP contribution in [0.5, 0.6) is 0 Å². The topological polar surface area (TPSA) is 35.5 Å². The highest BCUT2D eigenvalue weighted by atomic mass is 16.3. The monoisotopic (exact) mass is 278 g/mol. The van der Waals surface area contributed by atoms with Crippen LogP contribution in [0.25, 0.3) is 0 Å². The first-order chi connectivity index (χ1) is 9.24. The summed E-state index contributed by atoms with van der Waals surface area (Å²) in [7, 11) is 4.09. The highest BCUT2D eigenvalue weighted by molar-refractivity contribution is 5.45. The first kappa shape index (κ1) is 17.0. The van der Waals surface area contributed by atoms with Crippen LogP contribution in [0.2, 0.25) is 0 Å². The number of nitrogens with zero attached hydrogens (tertiary/aromatic N) is 1. The third-order valence-electron chi connectivity index (χ3n) is 3.79. The lowest BCUT2D eigenvalue weighted by molar-refractivity contribution is 0.0134. The summed E-state index contributed by atoms with van der Waals surface area (Å²) in [6.07, 6.45) is -0.286. The van der Waals surface area contributed by atoms with Crippen molar-refractivity contribution >= 4 is 5.69 Å². The molecule has 0 aliphatic carbocycles. The molecule has 0 amide bonds. The molecule has 1 aromatic carbocycles. The van der Waals surface area contributed by atoms with E-state index < -0.39 is 0 Å². The Balaban J connectivity index is 2.48. The molecule has 114 valence electrons. The second-order valence-corrected chi connectivity index (χ2v) is 6.84. The molecule has 0 fully saturated rings. The second kappa shape index (κ2) is 7.09. The lowest BCUT2D eigenvalue weighted by Crippen LogP contribution is -2.41. The smallest absolute Gasteiger partial charge is 0.0626 e. The summed E-state index contributed by atoms with van der Waals surface area (Å²) in [5, 5.41) is 13.7. The van der Waals surface area contributed by atoms with Gasteiger partial charge in [-0.05, 0) is 23.6 Å². The van der Waals surface area contributed by atoms with Crippen LogP contribution < -0.4 is 10.2 Å². The van der Waals surface area contributed by atoms with Gasteiger partial charge in [0.25, 0.3) is 0 Å². The van der Waals surface area contributed by atoms with Gasteiger partial charge in [0.15, 0.2) is 0 Å². The van der Waals surface area contributed by atoms with E-state index in [1.807, 2.05) is 14.1 Å². The zero-order valence-electron chi connectivity index (χ0n) is 13.8. The van der Waals surface area contributed by atoms with Crippen molar-refractivity contribution in [1.82, 2.24) is 5.32 Å². The fourth-order valence-electron chi connectivity index (χ4n) is 2.45. The van der Waals surface area contributed by atoms with Gasteiger partial charge in [-0.1, -0.05) is 39.8 Å². The summed E-state index contributed by atoms with van der Waals surface area (Å²) in [6.45, 7) is 9.99. The van der Waals surface area contributed by atoms with E-state index in [2.05, 4.69) is 62.2 Å². The molecule has 3 nitrogen and oxygen atoms in total. The molecule has 0 radical (unpaired) electrons. The first-order valence-electron chi connectivity index (χ1n) is 7.39. The van der Waals surface area contributed by atoms with E-state index in [-0.39, 0.29) is 17.4 Å². The predicted molar refractivity (Wildman–Crippen MR) is 87.1 cm³/mol. The van der Waals surface area contributed by atoms with Gasteiger partial charge in [0.1, 0.15) is 0 Å². The molecule has 0 aliphatic rings. The van der Waals surface area contributed by atoms with Gasteiger partial charge in [-0.25, -0.2) is 0 Å². The van der Waals surface area contributed by atoms with E-state index in [1.54, 1.807) is 0 Å². The minimum atomic E-state index is -0.286. The van der Waals surface area contributed by atoms with Gasteiger partial charge in [0.2, 0.25) is 0 Å². The van der Waals surface area contributed by atoms with Crippen molar-refractivity contribution in [1.29, 1.82) is 0 Å². The van der Waals surface area contributed by atoms with Crippen molar-refractivity contribution in [2.45, 2.75) is 40.3 Å². The van der Waals surface area contributed by atoms with E-state index in [4.69, 9.17) is 0 Å². The minimum Gasteiger partial charge on any atom is -0.392 e. The Morgan fingerprint density at radius 3 is 2.15 bits per heavy atom. The Morgan fingerprint density at radius 2 is 1.70 bits per heavy atom. The molecule has 0 saturated heterocycles. The standard InChI is InChI=1S/C17H30N2O/c1-13(2)16(20)17(3,4)12-18-11-14-7-9-15(10-8-14)19(5)6/h7-10,13,16,18,20H,11-12H2,1-6H3. The van der Waals surface area contributed by atoms with Crippen LogP contribution >= 0.6 is 0 Å². The van der Waals surface area contributed by atoms with Gasteiger partial charge in [-0.2, -0.15) is 0 Å². The molecular formula is C17H30N2O. The number of hydrogen-bond donors (Lipinski definition) is 2. The van der Waals surface area contributed by atoms with Crippen molar-refractivity contribution in [3.8, 4) is 0 Å². The van der Waals surface area contributed by atoms with Gasteiger partial charge in [0.05, 0.1) is 6.10 Å². The van der Waals surface area contributed by atoms with Crippen LogP contribution in [0, 0.1) is 11.3 Å². The Bertz CT molecular complexity index is 396. The van der Waals surface area contributed by atoms with Crippen molar-refractivity contribution in [2.75, 3.05) is 25.5 Å². The summed E-state index contributed by atoms with van der Waals surface area (Å²) in [5.74, 6) is 0.283. The zero-order chi connectivity index (χ0) is 15.3. The van der Waals surface area contributed by atoms with E-state index in [0.717, 1.165) is 13.1 Å². The number of nitrogens with one attached hydrogen (secondary N) is 1. The maximum Gasteiger partial charge on any atom is 0.0626 e. The number of benzene rings is 1. The maximum atomic E-state index is 10.2. The van der Waals surface area contributed by atoms with E-state index in [1.165, 1.54) is 11.3 Å². The molecule has 3 heteroatoms. The molecule has 0 bridgehead atoms. The van der Waals surface area contributed by atoms with Crippen LogP contribution in [-0.4, -0.2) is 31.9 Å². The zero-order valence-corrected chi connectivity index (χ0v) is 13.8. The van der Waals surface area contributed by atoms with E-state index >= 15 is 0 Å². The third-order valence-corrected chi connectivity index (χ3v) is 3.79. The van der Waals surface area contributed by atoms with Crippen molar-refractivity contribution < 1.29 is 5.11 Å². The minimum absolute atomic E-state index is 0.113. The molecule has 0 aromatic heterocycles. The summed E-state index contributed by atoms with van der Waals surface area (Å²) in [5.41, 5.74) is 2.37. The van der Waals surface area contributed by atoms with Gasteiger partial charge >= 0.3 is 0 Å². The summed E-state index contributed by atoms with van der Waals surface area (Å²) in [6, 6.07) is 8.55. The Hall–Kier alpha value is -1.06. The molecule has 0 saturated carbocycles. The number of aliphatic hydroxyl groups is 1. The van der Waals surface area contributed by atoms with Crippen LogP contribution in [-0.2, 0) is 6.54 Å². The number of rotatable bonds is 7. The quantitative estimate of drug-likeness (QED) is 0.805. The summed E-state index contributed by atoms with van der Waals surface area (Å²) in [4.78, 5) is 2.10. The van der Waals surface area contributed by atoms with E-state index in [0.29, 0.717) is 0 Å². The van der Waals surface area contributed by atoms with Gasteiger partial charge in [-0.15, -0.1) is 0 Å². The highest BCUT2D eigenvalue weighted by Gasteiger charge is 2.29. The normalized spacial score (nSPS) is 13.6. The van der Waals surface area contributed by atoms with Crippen LogP contribution in [0.1, 0.15) is 33.3 Å². The highest BCUT2D eigenvalue weighted by Crippen LogP contribution is 2.25. The molecule has 1 aromatic rings. The first-order valence-corrected chi connectivity index (χ1v) is 7.39. The molecule has 1 atom stereocenters. The van der Waals surface area contributed by atoms with Gasteiger partial charge in [0, 0.05) is 38.3 Å². The lowest BCUT2D eigenvalue weighted by atomic mass is 9.80. The molecule has 0 aliphatic heterocycles. The number of anilines is 1. The predicted octanol–water partition coefficient (Wildman–Crippen LogP) is 2.89. The Morgan fingerprint density at radius 1 is 1.15 bits per heavy atom. The lowest BCUT2D eigenvalue weighted by Gasteiger charge is -2.33. The number of aliphatic hydroxyl groups excluding tert-OH is 1. The summed E-state index contributed by atoms with van der Waals surface area (Å²) >= 11 is 0. The van der Waals surface area contributed by atoms with Crippen molar-refractivity contribution in [3.63, 3.8) is 0 Å². The van der Waals surface area contributed by atoms with Crippen molar-refractivity contribution in [2.24, 2.45) is 11.3 Å². The van der Waals surface area contributed by atoms with Gasteiger partial charge < -0.3 is 15.3 Å². The molecule has 1 rings (SSSR count). The largest absolute Gasteiger partial charge is 0.392 e. The fraction of sp³-hybridized carbons (Fsp3) is 0.647. The van der Waals surface area contributed by atoms with Crippen LogP contribution in [0.4, 0.5) is 5.69 Å². The second-order valence-electron chi connectivity index (χ2n) is 6.84. The Labute approximate surface area is 124 Å².